The molecule has 18 heavy (non-hydrogen) atoms. The first-order valence-corrected chi connectivity index (χ1v) is 6.80. The van der Waals surface area contributed by atoms with E-state index in [0.29, 0.717) is 16.6 Å². The molecule has 2 rings (SSSR count). The smallest absolute Gasteiger partial charge is 0.241 e. The molecule has 1 aliphatic rings. The summed E-state index contributed by atoms with van der Waals surface area (Å²) in [6, 6.07) is 0. The second kappa shape index (κ2) is 5.90. The van der Waals surface area contributed by atoms with Gasteiger partial charge in [0, 0.05) is 13.1 Å². The Balaban J connectivity index is 1.88. The summed E-state index contributed by atoms with van der Waals surface area (Å²) in [6.45, 7) is 1.99. The number of hydrogen-bond acceptors (Lipinski definition) is 6. The number of piperidine rings is 1. The fraction of sp³-hybridized carbons (Fsp3) is 0.636. The number of nitrogens with two attached hydrogens (primary N) is 1. The summed E-state index contributed by atoms with van der Waals surface area (Å²) in [5, 5.41) is 3.75. The Morgan fingerprint density at radius 1 is 1.50 bits per heavy atom. The van der Waals surface area contributed by atoms with Crippen LogP contribution in [0, 0.1) is 0 Å². The lowest BCUT2D eigenvalue weighted by Gasteiger charge is -2.26. The molecule has 0 aromatic carbocycles. The van der Waals surface area contributed by atoms with E-state index in [1.807, 2.05) is 4.90 Å². The van der Waals surface area contributed by atoms with Gasteiger partial charge in [-0.3, -0.25) is 4.79 Å². The van der Waals surface area contributed by atoms with Crippen LogP contribution < -0.4 is 15.8 Å². The van der Waals surface area contributed by atoms with Crippen LogP contribution in [-0.2, 0) is 4.79 Å². The predicted octanol–water partition coefficient (Wildman–Crippen LogP) is 1.16. The summed E-state index contributed by atoms with van der Waals surface area (Å²) >= 11 is 1.21. The van der Waals surface area contributed by atoms with Crippen LogP contribution in [-0.4, -0.2) is 41.9 Å². The number of methoxy groups -OCH3 is 1. The third-order valence-corrected chi connectivity index (χ3v) is 3.79. The Hall–Kier alpha value is -1.50. The zero-order valence-electron chi connectivity index (χ0n) is 10.4. The number of carbonyl (C=O) groups is 1. The lowest BCUT2D eigenvalue weighted by Crippen LogP contribution is -2.39. The molecule has 7 heteroatoms. The van der Waals surface area contributed by atoms with Crippen molar-refractivity contribution in [1.82, 2.24) is 9.27 Å². The van der Waals surface area contributed by atoms with Gasteiger partial charge in [0.05, 0.1) is 13.7 Å². The number of carbonyl (C=O) groups excluding carboxylic acids is 1. The van der Waals surface area contributed by atoms with Gasteiger partial charge in [0.2, 0.25) is 5.91 Å². The maximum Gasteiger partial charge on any atom is 0.241 e. The Morgan fingerprint density at radius 2 is 2.22 bits per heavy atom. The molecule has 0 radical (unpaired) electrons. The molecule has 1 aromatic rings. The normalized spacial score (nSPS) is 15.5. The molecule has 0 unspecified atom stereocenters. The molecule has 0 bridgehead atoms. The van der Waals surface area contributed by atoms with Gasteiger partial charge in [0.25, 0.3) is 0 Å². The quantitative estimate of drug-likeness (QED) is 0.858. The number of anilines is 2. The standard InChI is InChI=1S/C11H18N4O2S/c1-17-9-10(12)14-18-11(9)13-7-8(16)15-5-3-2-4-6-15/h13H,2-7H2,1H3,(H2,12,14). The second-order valence-corrected chi connectivity index (χ2v) is 5.00. The molecule has 3 N–H and O–H groups in total. The summed E-state index contributed by atoms with van der Waals surface area (Å²) in [7, 11) is 1.54. The minimum atomic E-state index is 0.115. The van der Waals surface area contributed by atoms with Crippen LogP contribution in [0.1, 0.15) is 19.3 Å². The highest BCUT2D eigenvalue weighted by Crippen LogP contribution is 2.34. The highest BCUT2D eigenvalue weighted by molar-refractivity contribution is 7.11. The van der Waals surface area contributed by atoms with E-state index < -0.39 is 0 Å². The van der Waals surface area contributed by atoms with Crippen molar-refractivity contribution in [3.8, 4) is 5.75 Å². The number of ether oxygens (including phenoxy) is 1. The largest absolute Gasteiger partial charge is 0.490 e. The van der Waals surface area contributed by atoms with E-state index >= 15 is 0 Å². The molecule has 1 saturated heterocycles. The Labute approximate surface area is 110 Å². The van der Waals surface area contributed by atoms with Gasteiger partial charge in [-0.15, -0.1) is 0 Å². The molecule has 0 saturated carbocycles. The van der Waals surface area contributed by atoms with Crippen molar-refractivity contribution < 1.29 is 9.53 Å². The fourth-order valence-corrected chi connectivity index (χ4v) is 2.69. The lowest BCUT2D eigenvalue weighted by atomic mass is 10.1. The third-order valence-electron chi connectivity index (χ3n) is 2.99. The molecule has 2 heterocycles. The zero-order valence-corrected chi connectivity index (χ0v) is 11.3. The van der Waals surface area contributed by atoms with E-state index in [2.05, 4.69) is 9.69 Å². The van der Waals surface area contributed by atoms with Crippen molar-refractivity contribution in [3.63, 3.8) is 0 Å². The van der Waals surface area contributed by atoms with Gasteiger partial charge in [0.15, 0.2) is 16.6 Å². The topological polar surface area (TPSA) is 80.5 Å². The van der Waals surface area contributed by atoms with Crippen LogP contribution in [0.25, 0.3) is 0 Å². The number of rotatable bonds is 4. The minimum Gasteiger partial charge on any atom is -0.490 e. The van der Waals surface area contributed by atoms with Gasteiger partial charge in [0.1, 0.15) is 0 Å². The summed E-state index contributed by atoms with van der Waals surface area (Å²) in [5.41, 5.74) is 5.64. The van der Waals surface area contributed by atoms with E-state index in [-0.39, 0.29) is 12.5 Å². The molecular formula is C11H18N4O2S. The summed E-state index contributed by atoms with van der Waals surface area (Å²) < 4.78 is 9.11. The number of amides is 1. The van der Waals surface area contributed by atoms with E-state index in [0.717, 1.165) is 25.9 Å². The van der Waals surface area contributed by atoms with Crippen molar-refractivity contribution in [3.05, 3.63) is 0 Å². The van der Waals surface area contributed by atoms with Gasteiger partial charge in [-0.2, -0.15) is 4.37 Å². The van der Waals surface area contributed by atoms with Gasteiger partial charge >= 0.3 is 0 Å². The highest BCUT2D eigenvalue weighted by atomic mass is 32.1. The number of hydrogen-bond donors (Lipinski definition) is 2. The molecule has 1 fully saturated rings. The van der Waals surface area contributed by atoms with Gasteiger partial charge in [-0.1, -0.05) is 0 Å². The van der Waals surface area contributed by atoms with Gasteiger partial charge in [-0.05, 0) is 30.8 Å². The van der Waals surface area contributed by atoms with Gasteiger partial charge in [-0.25, -0.2) is 0 Å². The maximum atomic E-state index is 12.0. The van der Waals surface area contributed by atoms with Crippen LogP contribution in [0.5, 0.6) is 5.75 Å². The zero-order chi connectivity index (χ0) is 13.0. The maximum absolute atomic E-state index is 12.0. The summed E-state index contributed by atoms with van der Waals surface area (Å²) in [6.07, 6.45) is 3.42. The van der Waals surface area contributed by atoms with Crippen molar-refractivity contribution >= 4 is 28.3 Å². The van der Waals surface area contributed by atoms with Crippen LogP contribution in [0.15, 0.2) is 0 Å². The van der Waals surface area contributed by atoms with E-state index in [1.165, 1.54) is 25.1 Å². The first-order chi connectivity index (χ1) is 8.72. The molecular weight excluding hydrogens is 252 g/mol. The Bertz CT molecular complexity index is 415. The number of nitrogens with zero attached hydrogens (tertiary/aromatic N) is 2. The third kappa shape index (κ3) is 2.84. The average molecular weight is 270 g/mol. The monoisotopic (exact) mass is 270 g/mol. The SMILES string of the molecule is COc1c(N)nsc1NCC(=O)N1CCCCC1. The molecule has 1 aliphatic heterocycles. The van der Waals surface area contributed by atoms with Gasteiger partial charge < -0.3 is 20.7 Å². The number of likely N-dealkylation sites (tertiary alicyclic amines) is 1. The second-order valence-electron chi connectivity index (χ2n) is 4.23. The molecule has 1 aromatic heterocycles. The molecule has 0 spiro atoms. The lowest BCUT2D eigenvalue weighted by molar-refractivity contribution is -0.130. The van der Waals surface area contributed by atoms with E-state index in [4.69, 9.17) is 10.5 Å². The van der Waals surface area contributed by atoms with Crippen molar-refractivity contribution in [1.29, 1.82) is 0 Å². The van der Waals surface area contributed by atoms with Crippen LogP contribution in [0.4, 0.5) is 10.8 Å². The number of nitrogens with one attached hydrogen (secondary N) is 1. The molecule has 0 atom stereocenters. The molecule has 1 amide bonds. The number of nitrogen functional groups attached to an aromatic ring is 1. The van der Waals surface area contributed by atoms with Crippen LogP contribution in [0.3, 0.4) is 0 Å². The van der Waals surface area contributed by atoms with Crippen LogP contribution >= 0.6 is 11.5 Å². The molecule has 0 aliphatic carbocycles. The minimum absolute atomic E-state index is 0.115. The number of aromatic nitrogens is 1. The molecule has 6 nitrogen and oxygen atoms in total. The first-order valence-electron chi connectivity index (χ1n) is 6.03. The van der Waals surface area contributed by atoms with Crippen molar-refractivity contribution in [2.45, 2.75) is 19.3 Å². The highest BCUT2D eigenvalue weighted by Gasteiger charge is 2.18. The first kappa shape index (κ1) is 12.9. The summed E-state index contributed by atoms with van der Waals surface area (Å²) in [4.78, 5) is 13.8. The van der Waals surface area contributed by atoms with E-state index in [9.17, 15) is 4.79 Å². The fourth-order valence-electron chi connectivity index (χ4n) is 2.01. The Morgan fingerprint density at radius 3 is 2.89 bits per heavy atom. The van der Waals surface area contributed by atoms with E-state index in [1.54, 1.807) is 0 Å². The predicted molar refractivity (Wildman–Crippen MR) is 72.0 cm³/mol. The Kier molecular flexibility index (Phi) is 4.24. The van der Waals surface area contributed by atoms with Crippen molar-refractivity contribution in [2.24, 2.45) is 0 Å². The van der Waals surface area contributed by atoms with Crippen LogP contribution in [0.2, 0.25) is 0 Å². The van der Waals surface area contributed by atoms with Crippen molar-refractivity contribution in [2.75, 3.05) is 37.8 Å². The molecule has 100 valence electrons. The average Bonchev–Trinajstić information content (AvgIpc) is 2.77. The summed E-state index contributed by atoms with van der Waals surface area (Å²) in [5.74, 6) is 0.991.